The number of thiophene rings is 1. The third-order valence-corrected chi connectivity index (χ3v) is 7.78. The van der Waals surface area contributed by atoms with E-state index in [0.717, 1.165) is 23.5 Å². The van der Waals surface area contributed by atoms with E-state index < -0.39 is 17.5 Å². The molecule has 1 aliphatic carbocycles. The standard InChI is InChI=1S/C24H28N4O3S/c1-24(12-9-16-5-3-2-4-6-16)22(30)28(23(31)25-24)26-20(29)15-27-13-10-19-18(11-14-32-19)21(27)17-7-8-17/h2-6,11,14,17,21H,7-10,12-13,15H2,1H3,(H,25,31)(H,26,29)/t21-,24-/m1/s1. The van der Waals surface area contributed by atoms with Crippen LogP contribution in [0.4, 0.5) is 4.79 Å². The second kappa shape index (κ2) is 8.33. The van der Waals surface area contributed by atoms with E-state index in [4.69, 9.17) is 0 Å². The van der Waals surface area contributed by atoms with Crippen LogP contribution in [0.15, 0.2) is 41.8 Å². The molecule has 1 aromatic carbocycles. The highest BCUT2D eigenvalue weighted by atomic mass is 32.1. The molecule has 0 radical (unpaired) electrons. The first kappa shape index (κ1) is 21.2. The van der Waals surface area contributed by atoms with Crippen LogP contribution in [0.2, 0.25) is 0 Å². The Labute approximate surface area is 191 Å². The zero-order chi connectivity index (χ0) is 22.3. The second-order valence-electron chi connectivity index (χ2n) is 9.23. The van der Waals surface area contributed by atoms with Crippen LogP contribution in [0.3, 0.4) is 0 Å². The third kappa shape index (κ3) is 4.04. The summed E-state index contributed by atoms with van der Waals surface area (Å²) in [4.78, 5) is 42.0. The van der Waals surface area contributed by atoms with Gasteiger partial charge in [-0.15, -0.1) is 11.3 Å². The SMILES string of the molecule is C[C@]1(CCc2ccccc2)NC(=O)N(NC(=O)CN2CCc3sccc3[C@H]2C2CC2)C1=O. The summed E-state index contributed by atoms with van der Waals surface area (Å²) in [5.74, 6) is -0.149. The number of carbonyl (C=O) groups is 3. The molecule has 7 nitrogen and oxygen atoms in total. The predicted octanol–water partition coefficient (Wildman–Crippen LogP) is 3.03. The number of hydrogen-bond donors (Lipinski definition) is 2. The van der Waals surface area contributed by atoms with Gasteiger partial charge in [-0.25, -0.2) is 4.79 Å². The van der Waals surface area contributed by atoms with Crippen LogP contribution < -0.4 is 10.7 Å². The molecule has 2 atom stereocenters. The van der Waals surface area contributed by atoms with Crippen molar-refractivity contribution in [1.82, 2.24) is 20.7 Å². The van der Waals surface area contributed by atoms with Crippen molar-refractivity contribution in [2.24, 2.45) is 5.92 Å². The fourth-order valence-corrected chi connectivity index (χ4v) is 5.79. The zero-order valence-corrected chi connectivity index (χ0v) is 19.0. The molecule has 2 aromatic rings. The van der Waals surface area contributed by atoms with Gasteiger partial charge in [0.15, 0.2) is 0 Å². The van der Waals surface area contributed by atoms with Crippen molar-refractivity contribution < 1.29 is 14.4 Å². The maximum absolute atomic E-state index is 13.0. The van der Waals surface area contributed by atoms with Crippen molar-refractivity contribution in [2.45, 2.75) is 50.6 Å². The van der Waals surface area contributed by atoms with E-state index in [0.29, 0.717) is 18.8 Å². The van der Waals surface area contributed by atoms with Gasteiger partial charge in [-0.2, -0.15) is 5.01 Å². The first-order chi connectivity index (χ1) is 15.4. The van der Waals surface area contributed by atoms with E-state index in [2.05, 4.69) is 27.1 Å². The summed E-state index contributed by atoms with van der Waals surface area (Å²) < 4.78 is 0. The van der Waals surface area contributed by atoms with Gasteiger partial charge in [0.05, 0.1) is 6.54 Å². The van der Waals surface area contributed by atoms with Crippen molar-refractivity contribution in [2.75, 3.05) is 13.1 Å². The first-order valence-electron chi connectivity index (χ1n) is 11.2. The molecule has 32 heavy (non-hydrogen) atoms. The van der Waals surface area contributed by atoms with E-state index in [9.17, 15) is 14.4 Å². The predicted molar refractivity (Wildman–Crippen MR) is 122 cm³/mol. The van der Waals surface area contributed by atoms with Crippen molar-refractivity contribution >= 4 is 29.2 Å². The van der Waals surface area contributed by atoms with Crippen molar-refractivity contribution in [3.63, 3.8) is 0 Å². The Hall–Kier alpha value is -2.71. The molecule has 168 valence electrons. The van der Waals surface area contributed by atoms with Crippen LogP contribution in [0.5, 0.6) is 0 Å². The fraction of sp³-hybridized carbons (Fsp3) is 0.458. The largest absolute Gasteiger partial charge is 0.344 e. The highest BCUT2D eigenvalue weighted by Gasteiger charge is 2.48. The molecule has 2 N–H and O–H groups in total. The number of carbonyl (C=O) groups excluding carboxylic acids is 3. The molecular weight excluding hydrogens is 424 g/mol. The zero-order valence-electron chi connectivity index (χ0n) is 18.2. The molecule has 3 heterocycles. The minimum atomic E-state index is -1.03. The number of rotatable bonds is 7. The number of hydrogen-bond acceptors (Lipinski definition) is 5. The first-order valence-corrected chi connectivity index (χ1v) is 12.1. The lowest BCUT2D eigenvalue weighted by Gasteiger charge is -2.35. The van der Waals surface area contributed by atoms with Crippen LogP contribution in [0.1, 0.15) is 48.2 Å². The molecule has 5 rings (SSSR count). The molecule has 1 saturated heterocycles. The Balaban J connectivity index is 1.21. The molecule has 3 aliphatic rings. The van der Waals surface area contributed by atoms with Crippen LogP contribution >= 0.6 is 11.3 Å². The highest BCUT2D eigenvalue weighted by molar-refractivity contribution is 7.10. The average molecular weight is 453 g/mol. The Morgan fingerprint density at radius 3 is 2.75 bits per heavy atom. The van der Waals surface area contributed by atoms with Crippen LogP contribution in [0, 0.1) is 5.92 Å². The maximum atomic E-state index is 13.0. The lowest BCUT2D eigenvalue weighted by molar-refractivity contribution is -0.139. The molecule has 2 aliphatic heterocycles. The van der Waals surface area contributed by atoms with E-state index in [1.54, 1.807) is 18.3 Å². The summed E-state index contributed by atoms with van der Waals surface area (Å²) in [6, 6.07) is 11.7. The average Bonchev–Trinajstić information content (AvgIpc) is 3.47. The smallest absolute Gasteiger partial charge is 0.322 e. The van der Waals surface area contributed by atoms with E-state index >= 15 is 0 Å². The van der Waals surface area contributed by atoms with Crippen LogP contribution in [-0.4, -0.2) is 46.4 Å². The van der Waals surface area contributed by atoms with Gasteiger partial charge in [0, 0.05) is 17.5 Å². The number of hydrazine groups is 1. The summed E-state index contributed by atoms with van der Waals surface area (Å²) in [5, 5.41) is 5.76. The minimum Gasteiger partial charge on any atom is -0.322 e. The van der Waals surface area contributed by atoms with Gasteiger partial charge in [0.1, 0.15) is 5.54 Å². The summed E-state index contributed by atoms with van der Waals surface area (Å²) >= 11 is 1.79. The molecule has 0 bridgehead atoms. The monoisotopic (exact) mass is 452 g/mol. The number of nitrogens with one attached hydrogen (secondary N) is 2. The number of amides is 4. The van der Waals surface area contributed by atoms with Gasteiger partial charge in [0.2, 0.25) is 0 Å². The minimum absolute atomic E-state index is 0.175. The van der Waals surface area contributed by atoms with Crippen molar-refractivity contribution in [3.8, 4) is 0 Å². The van der Waals surface area contributed by atoms with Crippen molar-refractivity contribution in [3.05, 3.63) is 57.8 Å². The number of benzene rings is 1. The van der Waals surface area contributed by atoms with E-state index in [1.807, 2.05) is 30.3 Å². The van der Waals surface area contributed by atoms with E-state index in [1.165, 1.54) is 23.3 Å². The Bertz CT molecular complexity index is 1030. The van der Waals surface area contributed by atoms with Crippen LogP contribution in [-0.2, 0) is 22.4 Å². The van der Waals surface area contributed by atoms with Gasteiger partial charge in [-0.1, -0.05) is 30.3 Å². The summed E-state index contributed by atoms with van der Waals surface area (Å²) in [7, 11) is 0. The summed E-state index contributed by atoms with van der Waals surface area (Å²) in [5.41, 5.74) is 3.98. The van der Waals surface area contributed by atoms with Gasteiger partial charge >= 0.3 is 6.03 Å². The molecule has 1 aromatic heterocycles. The highest BCUT2D eigenvalue weighted by Crippen LogP contribution is 2.48. The summed E-state index contributed by atoms with van der Waals surface area (Å²) in [6.07, 6.45) is 4.43. The van der Waals surface area contributed by atoms with Gasteiger partial charge in [0.25, 0.3) is 11.8 Å². The Morgan fingerprint density at radius 2 is 2.00 bits per heavy atom. The molecule has 4 amide bonds. The van der Waals surface area contributed by atoms with Gasteiger partial charge in [-0.05, 0) is 67.5 Å². The molecule has 0 spiro atoms. The molecular formula is C24H28N4O3S. The third-order valence-electron chi connectivity index (χ3n) is 6.79. The number of aryl methyl sites for hydroxylation is 1. The molecule has 1 saturated carbocycles. The lowest BCUT2D eigenvalue weighted by atomic mass is 9.93. The fourth-order valence-electron chi connectivity index (χ4n) is 4.88. The number of fused-ring (bicyclic) bond motifs is 1. The lowest BCUT2D eigenvalue weighted by Crippen LogP contribution is -2.52. The molecule has 2 fully saturated rings. The van der Waals surface area contributed by atoms with Crippen molar-refractivity contribution in [1.29, 1.82) is 0 Å². The van der Waals surface area contributed by atoms with Crippen LogP contribution in [0.25, 0.3) is 0 Å². The number of imide groups is 1. The Morgan fingerprint density at radius 1 is 1.22 bits per heavy atom. The summed E-state index contributed by atoms with van der Waals surface area (Å²) in [6.45, 7) is 2.71. The second-order valence-corrected chi connectivity index (χ2v) is 10.2. The maximum Gasteiger partial charge on any atom is 0.344 e. The quantitative estimate of drug-likeness (QED) is 0.633. The number of urea groups is 1. The van der Waals surface area contributed by atoms with Gasteiger partial charge in [-0.3, -0.25) is 19.9 Å². The van der Waals surface area contributed by atoms with Gasteiger partial charge < -0.3 is 5.32 Å². The Kier molecular flexibility index (Phi) is 5.51. The topological polar surface area (TPSA) is 81.8 Å². The normalized spacial score (nSPS) is 25.5. The van der Waals surface area contributed by atoms with E-state index in [-0.39, 0.29) is 18.5 Å². The molecule has 8 heteroatoms. The number of nitrogens with zero attached hydrogens (tertiary/aromatic N) is 2. The molecule has 0 unspecified atom stereocenters.